The first kappa shape index (κ1) is 17.0. The Bertz CT molecular complexity index is 861. The van der Waals surface area contributed by atoms with Gasteiger partial charge < -0.3 is 10.2 Å². The minimum absolute atomic E-state index is 0.178. The Labute approximate surface area is 158 Å². The van der Waals surface area contributed by atoms with Crippen molar-refractivity contribution in [3.05, 3.63) is 93.7 Å². The van der Waals surface area contributed by atoms with Crippen LogP contribution in [0.4, 0.5) is 0 Å². The summed E-state index contributed by atoms with van der Waals surface area (Å²) in [5.41, 5.74) is 3.90. The fourth-order valence-electron chi connectivity index (χ4n) is 3.60. The molecule has 2 aromatic carbocycles. The number of thiophene rings is 1. The molecular formula is C22H23N2OS+. The van der Waals surface area contributed by atoms with Crippen LogP contribution in [0.15, 0.2) is 72.1 Å². The van der Waals surface area contributed by atoms with E-state index in [1.807, 2.05) is 11.0 Å². The van der Waals surface area contributed by atoms with E-state index in [1.54, 1.807) is 11.3 Å². The van der Waals surface area contributed by atoms with Gasteiger partial charge in [0.2, 0.25) is 0 Å². The number of amides is 1. The van der Waals surface area contributed by atoms with Crippen LogP contribution < -0.4 is 5.32 Å². The van der Waals surface area contributed by atoms with E-state index >= 15 is 0 Å². The molecule has 0 radical (unpaired) electrons. The Balaban J connectivity index is 1.44. The maximum atomic E-state index is 12.8. The molecule has 0 bridgehead atoms. The van der Waals surface area contributed by atoms with Crippen molar-refractivity contribution in [2.75, 3.05) is 13.1 Å². The Kier molecular flexibility index (Phi) is 5.14. The highest BCUT2D eigenvalue weighted by atomic mass is 32.1. The molecule has 3 aromatic rings. The van der Waals surface area contributed by atoms with Crippen LogP contribution >= 0.6 is 11.3 Å². The summed E-state index contributed by atoms with van der Waals surface area (Å²) in [6.07, 6.45) is 0.953. The lowest BCUT2D eigenvalue weighted by Crippen LogP contribution is -2.87. The molecule has 1 atom stereocenters. The summed E-state index contributed by atoms with van der Waals surface area (Å²) in [7, 11) is 0. The smallest absolute Gasteiger partial charge is 0.278 e. The number of nitrogens with zero attached hydrogens (tertiary/aromatic N) is 1. The van der Waals surface area contributed by atoms with Crippen LogP contribution in [0.25, 0.3) is 0 Å². The fourth-order valence-corrected chi connectivity index (χ4v) is 4.45. The number of nitrogens with two attached hydrogens (primary N) is 1. The van der Waals surface area contributed by atoms with Crippen LogP contribution in [0.3, 0.4) is 0 Å². The molecule has 0 spiro atoms. The molecule has 1 aliphatic rings. The van der Waals surface area contributed by atoms with Gasteiger partial charge in [-0.15, -0.1) is 11.3 Å². The highest BCUT2D eigenvalue weighted by molar-refractivity contribution is 7.10. The van der Waals surface area contributed by atoms with Crippen molar-refractivity contribution in [3.63, 3.8) is 0 Å². The predicted octanol–water partition coefficient (Wildman–Crippen LogP) is 2.99. The van der Waals surface area contributed by atoms with Gasteiger partial charge >= 0.3 is 0 Å². The molecule has 2 heterocycles. The van der Waals surface area contributed by atoms with Gasteiger partial charge in [0.15, 0.2) is 6.54 Å². The monoisotopic (exact) mass is 363 g/mol. The first-order chi connectivity index (χ1) is 12.8. The largest absolute Gasteiger partial charge is 0.333 e. The van der Waals surface area contributed by atoms with Gasteiger partial charge in [0, 0.05) is 18.7 Å². The normalized spacial score (nSPS) is 14.7. The minimum atomic E-state index is 0.178. The van der Waals surface area contributed by atoms with Crippen LogP contribution in [0.1, 0.15) is 27.6 Å². The number of quaternary nitrogens is 1. The molecule has 0 fully saturated rings. The van der Waals surface area contributed by atoms with Crippen molar-refractivity contribution in [1.82, 2.24) is 4.90 Å². The number of carbonyl (C=O) groups is 1. The van der Waals surface area contributed by atoms with Gasteiger partial charge in [-0.2, -0.15) is 0 Å². The van der Waals surface area contributed by atoms with Crippen molar-refractivity contribution in [2.45, 2.75) is 19.0 Å². The zero-order chi connectivity index (χ0) is 17.8. The summed E-state index contributed by atoms with van der Waals surface area (Å²) in [5, 5.41) is 4.27. The van der Waals surface area contributed by atoms with Crippen molar-refractivity contribution in [1.29, 1.82) is 0 Å². The number of rotatable bonds is 5. The topological polar surface area (TPSA) is 36.9 Å². The summed E-state index contributed by atoms with van der Waals surface area (Å²) < 4.78 is 0. The van der Waals surface area contributed by atoms with Gasteiger partial charge in [-0.05, 0) is 29.0 Å². The van der Waals surface area contributed by atoms with Crippen LogP contribution in [-0.2, 0) is 17.8 Å². The molecular weight excluding hydrogens is 340 g/mol. The molecule has 1 amide bonds. The summed E-state index contributed by atoms with van der Waals surface area (Å²) >= 11 is 1.75. The lowest BCUT2D eigenvalue weighted by atomic mass is 10.00. The molecule has 4 heteroatoms. The second-order valence-electron chi connectivity index (χ2n) is 6.68. The van der Waals surface area contributed by atoms with E-state index in [9.17, 15) is 4.79 Å². The molecule has 1 aliphatic heterocycles. The predicted molar refractivity (Wildman–Crippen MR) is 105 cm³/mol. The number of hydrogen-bond acceptors (Lipinski definition) is 2. The number of fused-ring (bicyclic) bond motifs is 1. The second kappa shape index (κ2) is 7.85. The SMILES string of the molecule is O=C(C[NH2+][C@@H](c1ccccc1)c1cccs1)N1CCc2ccccc2C1. The average Bonchev–Trinajstić information content (AvgIpc) is 3.23. The van der Waals surface area contributed by atoms with Gasteiger partial charge in [-0.3, -0.25) is 4.79 Å². The molecule has 0 unspecified atom stereocenters. The van der Waals surface area contributed by atoms with Gasteiger partial charge in [-0.25, -0.2) is 0 Å². The second-order valence-corrected chi connectivity index (χ2v) is 7.66. The van der Waals surface area contributed by atoms with Gasteiger partial charge in [0.25, 0.3) is 5.91 Å². The lowest BCUT2D eigenvalue weighted by Gasteiger charge is -2.28. The van der Waals surface area contributed by atoms with Gasteiger partial charge in [0.05, 0.1) is 4.88 Å². The zero-order valence-electron chi connectivity index (χ0n) is 14.7. The molecule has 4 rings (SSSR count). The Hall–Kier alpha value is -2.43. The zero-order valence-corrected chi connectivity index (χ0v) is 15.5. The van der Waals surface area contributed by atoms with Crippen LogP contribution in [-0.4, -0.2) is 23.9 Å². The van der Waals surface area contributed by atoms with Crippen molar-refractivity contribution in [2.24, 2.45) is 0 Å². The lowest BCUT2D eigenvalue weighted by molar-refractivity contribution is -0.676. The maximum Gasteiger partial charge on any atom is 0.278 e. The Morgan fingerprint density at radius 3 is 2.54 bits per heavy atom. The van der Waals surface area contributed by atoms with Crippen LogP contribution in [0.5, 0.6) is 0 Å². The van der Waals surface area contributed by atoms with Crippen LogP contribution in [0, 0.1) is 0 Å². The van der Waals surface area contributed by atoms with Crippen molar-refractivity contribution in [3.8, 4) is 0 Å². The van der Waals surface area contributed by atoms with E-state index in [-0.39, 0.29) is 11.9 Å². The average molecular weight is 364 g/mol. The van der Waals surface area contributed by atoms with E-state index < -0.39 is 0 Å². The summed E-state index contributed by atoms with van der Waals surface area (Å²) in [6.45, 7) is 2.02. The third kappa shape index (κ3) is 3.71. The number of benzene rings is 2. The van der Waals surface area contributed by atoms with E-state index in [0.29, 0.717) is 6.54 Å². The third-order valence-corrected chi connectivity index (χ3v) is 5.98. The van der Waals surface area contributed by atoms with E-state index in [4.69, 9.17) is 0 Å². The first-order valence-corrected chi connectivity index (χ1v) is 9.95. The summed E-state index contributed by atoms with van der Waals surface area (Å²) in [4.78, 5) is 16.1. The maximum absolute atomic E-state index is 12.8. The highest BCUT2D eigenvalue weighted by Crippen LogP contribution is 2.22. The molecule has 132 valence electrons. The molecule has 3 nitrogen and oxygen atoms in total. The molecule has 26 heavy (non-hydrogen) atoms. The molecule has 1 aromatic heterocycles. The number of hydrogen-bond donors (Lipinski definition) is 1. The molecule has 2 N–H and O–H groups in total. The summed E-state index contributed by atoms with van der Waals surface area (Å²) in [5.74, 6) is 0.219. The van der Waals surface area contributed by atoms with Crippen molar-refractivity contribution >= 4 is 17.2 Å². The fraction of sp³-hybridized carbons (Fsp3) is 0.227. The van der Waals surface area contributed by atoms with Gasteiger partial charge in [0.1, 0.15) is 6.04 Å². The molecule has 0 saturated carbocycles. The first-order valence-electron chi connectivity index (χ1n) is 9.07. The molecule has 0 aliphatic carbocycles. The summed E-state index contributed by atoms with van der Waals surface area (Å²) in [6, 6.07) is 23.3. The van der Waals surface area contributed by atoms with E-state index in [1.165, 1.54) is 21.6 Å². The standard InChI is InChI=1S/C22H22N2OS/c25-21(24-13-12-17-7-4-5-10-19(17)16-24)15-23-22(20-11-6-14-26-20)18-8-2-1-3-9-18/h1-11,14,22-23H,12-13,15-16H2/p+1/t22-/m0/s1. The van der Waals surface area contributed by atoms with Crippen LogP contribution in [0.2, 0.25) is 0 Å². The Morgan fingerprint density at radius 2 is 1.77 bits per heavy atom. The minimum Gasteiger partial charge on any atom is -0.333 e. The highest BCUT2D eigenvalue weighted by Gasteiger charge is 2.24. The third-order valence-electron chi connectivity index (χ3n) is 5.02. The quantitative estimate of drug-likeness (QED) is 0.743. The van der Waals surface area contributed by atoms with Gasteiger partial charge in [-0.1, -0.05) is 60.7 Å². The molecule has 0 saturated heterocycles. The Morgan fingerprint density at radius 1 is 1.00 bits per heavy atom. The van der Waals surface area contributed by atoms with Crippen molar-refractivity contribution < 1.29 is 10.1 Å². The van der Waals surface area contributed by atoms with E-state index in [2.05, 4.69) is 71.4 Å². The van der Waals surface area contributed by atoms with E-state index in [0.717, 1.165) is 19.5 Å². The number of carbonyl (C=O) groups excluding carboxylic acids is 1.